The second kappa shape index (κ2) is 11.8. The number of pyridine rings is 2. The van der Waals surface area contributed by atoms with Crippen molar-refractivity contribution in [3.05, 3.63) is 54.0 Å². The lowest BCUT2D eigenvalue weighted by Gasteiger charge is -2.22. The fourth-order valence-corrected chi connectivity index (χ4v) is 4.11. The lowest BCUT2D eigenvalue weighted by atomic mass is 10.1. The fourth-order valence-electron chi connectivity index (χ4n) is 4.11. The van der Waals surface area contributed by atoms with Crippen molar-refractivity contribution in [3.63, 3.8) is 0 Å². The zero-order valence-corrected chi connectivity index (χ0v) is 20.7. The van der Waals surface area contributed by atoms with Crippen LogP contribution in [0.2, 0.25) is 0 Å². The molecule has 3 aromatic rings. The lowest BCUT2D eigenvalue weighted by Crippen LogP contribution is -2.37. The zero-order chi connectivity index (χ0) is 24.6. The third kappa shape index (κ3) is 6.58. The SMILES string of the molecule is COC(CN/C=C(\C=N)c1cnc2ccc(Nc3cc(C(C)C)cnn3)nc2c1)CN1CCCC1. The summed E-state index contributed by atoms with van der Waals surface area (Å²) in [5, 5.41) is 22.7. The highest BCUT2D eigenvalue weighted by Gasteiger charge is 2.16. The number of anilines is 2. The Bertz CT molecular complexity index is 1170. The van der Waals surface area contributed by atoms with E-state index in [0.717, 1.165) is 47.4 Å². The van der Waals surface area contributed by atoms with Gasteiger partial charge in [0.2, 0.25) is 0 Å². The van der Waals surface area contributed by atoms with Crippen LogP contribution >= 0.6 is 0 Å². The van der Waals surface area contributed by atoms with E-state index >= 15 is 0 Å². The zero-order valence-electron chi connectivity index (χ0n) is 20.7. The molecule has 0 aliphatic carbocycles. The van der Waals surface area contributed by atoms with Crippen LogP contribution in [-0.4, -0.2) is 70.7 Å². The van der Waals surface area contributed by atoms with Gasteiger partial charge in [-0.2, -0.15) is 5.10 Å². The van der Waals surface area contributed by atoms with Crippen molar-refractivity contribution in [1.29, 1.82) is 5.41 Å². The summed E-state index contributed by atoms with van der Waals surface area (Å²) < 4.78 is 5.64. The second-order valence-electron chi connectivity index (χ2n) is 9.13. The molecule has 1 saturated heterocycles. The summed E-state index contributed by atoms with van der Waals surface area (Å²) in [6.07, 6.45) is 9.35. The molecular formula is C26H34N8O. The number of hydrogen-bond acceptors (Lipinski definition) is 9. The van der Waals surface area contributed by atoms with Gasteiger partial charge in [0, 0.05) is 49.9 Å². The van der Waals surface area contributed by atoms with Gasteiger partial charge in [0.15, 0.2) is 5.82 Å². The molecule has 184 valence electrons. The Labute approximate surface area is 206 Å². The van der Waals surface area contributed by atoms with Crippen LogP contribution in [-0.2, 0) is 4.74 Å². The number of nitrogens with one attached hydrogen (secondary N) is 3. The predicted molar refractivity (Wildman–Crippen MR) is 140 cm³/mol. The molecule has 0 saturated carbocycles. The first-order valence-electron chi connectivity index (χ1n) is 12.1. The Hall–Kier alpha value is -3.43. The summed E-state index contributed by atoms with van der Waals surface area (Å²) >= 11 is 0. The summed E-state index contributed by atoms with van der Waals surface area (Å²) in [6, 6.07) is 7.72. The van der Waals surface area contributed by atoms with Gasteiger partial charge in [0.05, 0.1) is 23.3 Å². The first-order valence-corrected chi connectivity index (χ1v) is 12.1. The molecule has 0 bridgehead atoms. The van der Waals surface area contributed by atoms with Gasteiger partial charge in [-0.1, -0.05) is 13.8 Å². The van der Waals surface area contributed by atoms with E-state index in [1.54, 1.807) is 19.5 Å². The molecule has 3 aromatic heterocycles. The van der Waals surface area contributed by atoms with Crippen molar-refractivity contribution in [2.45, 2.75) is 38.7 Å². The first-order chi connectivity index (χ1) is 17.1. The molecule has 4 rings (SSSR count). The number of fused-ring (bicyclic) bond motifs is 1. The van der Waals surface area contributed by atoms with Gasteiger partial charge in [-0.15, -0.1) is 5.10 Å². The molecule has 1 fully saturated rings. The van der Waals surface area contributed by atoms with E-state index in [9.17, 15) is 0 Å². The summed E-state index contributed by atoms with van der Waals surface area (Å²) in [5.41, 5.74) is 4.17. The highest BCUT2D eigenvalue weighted by atomic mass is 16.5. The van der Waals surface area contributed by atoms with Gasteiger partial charge in [-0.25, -0.2) is 4.98 Å². The molecule has 1 aliphatic heterocycles. The van der Waals surface area contributed by atoms with Crippen molar-refractivity contribution in [1.82, 2.24) is 30.4 Å². The molecule has 0 spiro atoms. The van der Waals surface area contributed by atoms with Gasteiger partial charge >= 0.3 is 0 Å². The van der Waals surface area contributed by atoms with Crippen LogP contribution in [0.5, 0.6) is 0 Å². The molecule has 1 atom stereocenters. The third-order valence-electron chi connectivity index (χ3n) is 6.22. The molecule has 35 heavy (non-hydrogen) atoms. The minimum absolute atomic E-state index is 0.0960. The van der Waals surface area contributed by atoms with E-state index in [4.69, 9.17) is 15.1 Å². The van der Waals surface area contributed by atoms with Crippen LogP contribution in [0.25, 0.3) is 16.6 Å². The molecule has 9 nitrogen and oxygen atoms in total. The topological polar surface area (TPSA) is 112 Å². The van der Waals surface area contributed by atoms with Crippen molar-refractivity contribution >= 4 is 34.5 Å². The summed E-state index contributed by atoms with van der Waals surface area (Å²) in [4.78, 5) is 11.7. The quantitative estimate of drug-likeness (QED) is 0.358. The summed E-state index contributed by atoms with van der Waals surface area (Å²) in [7, 11) is 1.75. The minimum Gasteiger partial charge on any atom is -0.388 e. The Morgan fingerprint density at radius 1 is 1.14 bits per heavy atom. The Morgan fingerprint density at radius 3 is 2.71 bits per heavy atom. The normalized spacial score (nSPS) is 15.5. The number of aromatic nitrogens is 4. The van der Waals surface area contributed by atoms with Crippen molar-refractivity contribution in [2.75, 3.05) is 38.6 Å². The standard InChI is InChI=1S/C26H34N8O/c1-18(2)19-11-26(33-30-15-19)32-25-7-6-23-24(31-25)10-20(14-29-23)21(12-27)13-28-16-22(35-3)17-34-8-4-5-9-34/h6-7,10-15,18,22,27-28H,4-5,8-9,16-17H2,1-3H3,(H,31,32,33)/b21-13+,27-12?. The number of likely N-dealkylation sites (tertiary alicyclic amines) is 1. The van der Waals surface area contributed by atoms with E-state index in [1.807, 2.05) is 30.5 Å². The second-order valence-corrected chi connectivity index (χ2v) is 9.13. The van der Waals surface area contributed by atoms with Crippen molar-refractivity contribution in [2.24, 2.45) is 0 Å². The van der Waals surface area contributed by atoms with E-state index in [0.29, 0.717) is 24.1 Å². The first kappa shape index (κ1) is 24.7. The smallest absolute Gasteiger partial charge is 0.154 e. The molecule has 3 N–H and O–H groups in total. The summed E-state index contributed by atoms with van der Waals surface area (Å²) in [6.45, 7) is 8.11. The number of methoxy groups -OCH3 is 1. The molecular weight excluding hydrogens is 440 g/mol. The number of allylic oxidation sites excluding steroid dienone is 1. The van der Waals surface area contributed by atoms with E-state index in [-0.39, 0.29) is 6.10 Å². The van der Waals surface area contributed by atoms with Crippen molar-refractivity contribution < 1.29 is 4.74 Å². The molecule has 0 aromatic carbocycles. The van der Waals surface area contributed by atoms with Gasteiger partial charge in [-0.05, 0) is 61.7 Å². The average Bonchev–Trinajstić information content (AvgIpc) is 3.39. The van der Waals surface area contributed by atoms with Gasteiger partial charge in [0.1, 0.15) is 5.82 Å². The number of nitrogens with zero attached hydrogens (tertiary/aromatic N) is 5. The van der Waals surface area contributed by atoms with Crippen LogP contribution < -0.4 is 10.6 Å². The third-order valence-corrected chi connectivity index (χ3v) is 6.22. The maximum Gasteiger partial charge on any atom is 0.154 e. The van der Waals surface area contributed by atoms with Crippen LogP contribution in [0.4, 0.5) is 11.6 Å². The minimum atomic E-state index is 0.0960. The Morgan fingerprint density at radius 2 is 1.97 bits per heavy atom. The van der Waals surface area contributed by atoms with Gasteiger partial charge in [-0.3, -0.25) is 4.98 Å². The van der Waals surface area contributed by atoms with E-state index in [1.165, 1.54) is 19.1 Å². The van der Waals surface area contributed by atoms with Gasteiger partial charge in [0.25, 0.3) is 0 Å². The van der Waals surface area contributed by atoms with Crippen LogP contribution in [0.3, 0.4) is 0 Å². The molecule has 0 radical (unpaired) electrons. The molecule has 9 heteroatoms. The van der Waals surface area contributed by atoms with Crippen LogP contribution in [0.15, 0.2) is 42.9 Å². The number of rotatable bonds is 11. The Kier molecular flexibility index (Phi) is 8.33. The predicted octanol–water partition coefficient (Wildman–Crippen LogP) is 3.98. The maximum absolute atomic E-state index is 7.91. The number of ether oxygens (including phenoxy) is 1. The Balaban J connectivity index is 1.46. The van der Waals surface area contributed by atoms with Crippen molar-refractivity contribution in [3.8, 4) is 0 Å². The van der Waals surface area contributed by atoms with Crippen LogP contribution in [0, 0.1) is 5.41 Å². The average molecular weight is 475 g/mol. The lowest BCUT2D eigenvalue weighted by molar-refractivity contribution is 0.0735. The monoisotopic (exact) mass is 474 g/mol. The molecule has 1 aliphatic rings. The highest BCUT2D eigenvalue weighted by molar-refractivity contribution is 6.08. The molecule has 0 amide bonds. The van der Waals surface area contributed by atoms with E-state index < -0.39 is 0 Å². The van der Waals surface area contributed by atoms with Gasteiger partial charge < -0.3 is 25.7 Å². The van der Waals surface area contributed by atoms with E-state index in [2.05, 4.69) is 44.6 Å². The fraction of sp³-hybridized carbons (Fsp3) is 0.423. The number of hydrogen-bond donors (Lipinski definition) is 3. The maximum atomic E-state index is 7.91. The highest BCUT2D eigenvalue weighted by Crippen LogP contribution is 2.21. The van der Waals surface area contributed by atoms with Crippen LogP contribution in [0.1, 0.15) is 43.7 Å². The summed E-state index contributed by atoms with van der Waals surface area (Å²) in [5.74, 6) is 1.68. The largest absolute Gasteiger partial charge is 0.388 e. The molecule has 4 heterocycles. The molecule has 1 unspecified atom stereocenters.